The van der Waals surface area contributed by atoms with Crippen molar-refractivity contribution < 1.29 is 9.47 Å². The smallest absolute Gasteiger partial charge is 0.0671 e. The quantitative estimate of drug-likeness (QED) is 0.818. The van der Waals surface area contributed by atoms with E-state index in [1.54, 1.807) is 0 Å². The molecule has 4 saturated heterocycles. The fraction of sp³-hybridized carbons (Fsp3) is 0.739. The van der Waals surface area contributed by atoms with Gasteiger partial charge in [-0.2, -0.15) is 0 Å². The fourth-order valence-corrected chi connectivity index (χ4v) is 4.65. The van der Waals surface area contributed by atoms with Gasteiger partial charge in [0.25, 0.3) is 0 Å². The van der Waals surface area contributed by atoms with Crippen LogP contribution in [0.4, 0.5) is 0 Å². The minimum absolute atomic E-state index is 0.318. The Hall–Kier alpha value is -1.02. The largest absolute Gasteiger partial charge is 0.377 e. The van der Waals surface area contributed by atoms with Crippen molar-refractivity contribution in [2.75, 3.05) is 78.8 Å². The van der Waals surface area contributed by atoms with Crippen molar-refractivity contribution in [3.63, 3.8) is 0 Å². The fourth-order valence-electron chi connectivity index (χ4n) is 4.65. The maximum absolute atomic E-state index is 5.36. The van der Waals surface area contributed by atoms with Gasteiger partial charge in [-0.25, -0.2) is 0 Å². The number of piperazine rings is 2. The second-order valence-electron chi connectivity index (χ2n) is 9.47. The molecule has 0 aromatic heterocycles. The van der Waals surface area contributed by atoms with Gasteiger partial charge in [-0.3, -0.25) is 14.7 Å². The highest BCUT2D eigenvalue weighted by Gasteiger charge is 2.40. The van der Waals surface area contributed by atoms with Gasteiger partial charge in [-0.15, -0.1) is 0 Å². The van der Waals surface area contributed by atoms with Crippen molar-refractivity contribution in [1.82, 2.24) is 20.0 Å². The molecule has 5 rings (SSSR count). The van der Waals surface area contributed by atoms with Crippen LogP contribution in [0.5, 0.6) is 0 Å². The summed E-state index contributed by atoms with van der Waals surface area (Å²) >= 11 is 0. The van der Waals surface area contributed by atoms with Crippen LogP contribution in [0.15, 0.2) is 30.3 Å². The molecule has 0 spiro atoms. The zero-order chi connectivity index (χ0) is 20.2. The van der Waals surface area contributed by atoms with Crippen LogP contribution in [-0.4, -0.2) is 105 Å². The second-order valence-corrected chi connectivity index (χ2v) is 9.47. The van der Waals surface area contributed by atoms with E-state index in [1.165, 1.54) is 44.8 Å². The Kier molecular flexibility index (Phi) is 6.89. The van der Waals surface area contributed by atoms with Gasteiger partial charge in [0.15, 0.2) is 0 Å². The maximum Gasteiger partial charge on any atom is 0.0671 e. The monoisotopic (exact) mass is 402 g/mol. The Morgan fingerprint density at radius 3 is 1.76 bits per heavy atom. The van der Waals surface area contributed by atoms with Crippen LogP contribution < -0.4 is 5.32 Å². The summed E-state index contributed by atoms with van der Waals surface area (Å²) in [5, 5.41) is 3.35. The zero-order valence-corrected chi connectivity index (χ0v) is 18.2. The molecular formula is C23H38N4O2. The Morgan fingerprint density at radius 1 is 0.759 bits per heavy atom. The van der Waals surface area contributed by atoms with Crippen LogP contribution in [0.2, 0.25) is 0 Å². The average molecular weight is 403 g/mol. The third-order valence-electron chi connectivity index (χ3n) is 6.92. The minimum Gasteiger partial charge on any atom is -0.377 e. The molecule has 4 aliphatic heterocycles. The Morgan fingerprint density at radius 2 is 1.28 bits per heavy atom. The van der Waals surface area contributed by atoms with Gasteiger partial charge in [0.2, 0.25) is 0 Å². The molecule has 0 aliphatic carbocycles. The molecular weight excluding hydrogens is 364 g/mol. The van der Waals surface area contributed by atoms with Crippen LogP contribution in [0.1, 0.15) is 19.4 Å². The van der Waals surface area contributed by atoms with Gasteiger partial charge in [0.05, 0.1) is 37.5 Å². The summed E-state index contributed by atoms with van der Waals surface area (Å²) in [5.74, 6) is 0. The Bertz CT molecular complexity index is 619. The molecule has 1 aromatic carbocycles. The van der Waals surface area contributed by atoms with E-state index in [0.717, 1.165) is 46.1 Å². The zero-order valence-electron chi connectivity index (χ0n) is 18.2. The van der Waals surface area contributed by atoms with Crippen LogP contribution >= 0.6 is 0 Å². The number of hydrogen-bond donors (Lipinski definition) is 1. The van der Waals surface area contributed by atoms with Gasteiger partial charge in [0, 0.05) is 58.9 Å². The summed E-state index contributed by atoms with van der Waals surface area (Å²) in [6.45, 7) is 18.7. The minimum atomic E-state index is 0.318. The van der Waals surface area contributed by atoms with Crippen molar-refractivity contribution in [2.24, 2.45) is 0 Å². The van der Waals surface area contributed by atoms with E-state index < -0.39 is 0 Å². The lowest BCUT2D eigenvalue weighted by atomic mass is 9.97. The van der Waals surface area contributed by atoms with E-state index in [0.29, 0.717) is 11.1 Å². The summed E-state index contributed by atoms with van der Waals surface area (Å²) in [6.07, 6.45) is 0. The molecule has 29 heavy (non-hydrogen) atoms. The normalized spacial score (nSPS) is 27.2. The number of nitrogens with one attached hydrogen (secondary N) is 1. The predicted molar refractivity (Wildman–Crippen MR) is 116 cm³/mol. The van der Waals surface area contributed by atoms with Crippen molar-refractivity contribution in [1.29, 1.82) is 0 Å². The number of ether oxygens (including phenoxy) is 2. The molecule has 4 heterocycles. The van der Waals surface area contributed by atoms with Crippen molar-refractivity contribution in [2.45, 2.75) is 31.5 Å². The lowest BCUT2D eigenvalue weighted by Gasteiger charge is -2.50. The van der Waals surface area contributed by atoms with E-state index in [4.69, 9.17) is 9.47 Å². The first-order valence-corrected chi connectivity index (χ1v) is 11.2. The molecule has 0 bridgehead atoms. The lowest BCUT2D eigenvalue weighted by molar-refractivity contribution is -0.140. The first-order valence-electron chi connectivity index (χ1n) is 11.2. The standard InChI is InChI=1S/C15H22N2O.C8H16N2O/c1-15(12-18-13-15)17-9-7-16(8-10-17)11-14-5-3-2-4-6-14;1-8(6-11-7-8)10-4-2-9-3-5-10/h2-6H,7-13H2,1H3;9H,2-7H2,1H3. The molecule has 0 radical (unpaired) electrons. The molecule has 1 aromatic rings. The topological polar surface area (TPSA) is 40.2 Å². The van der Waals surface area contributed by atoms with Crippen LogP contribution in [0.25, 0.3) is 0 Å². The van der Waals surface area contributed by atoms with Crippen molar-refractivity contribution >= 4 is 0 Å². The van der Waals surface area contributed by atoms with E-state index in [2.05, 4.69) is 64.2 Å². The molecule has 4 fully saturated rings. The first kappa shape index (κ1) is 21.2. The van der Waals surface area contributed by atoms with Crippen LogP contribution in [0.3, 0.4) is 0 Å². The van der Waals surface area contributed by atoms with Crippen LogP contribution in [-0.2, 0) is 16.0 Å². The van der Waals surface area contributed by atoms with Gasteiger partial charge < -0.3 is 14.8 Å². The van der Waals surface area contributed by atoms with E-state index in [1.807, 2.05) is 0 Å². The molecule has 6 heteroatoms. The highest BCUT2D eigenvalue weighted by atomic mass is 16.5. The highest BCUT2D eigenvalue weighted by Crippen LogP contribution is 2.26. The van der Waals surface area contributed by atoms with Gasteiger partial charge in [-0.05, 0) is 19.4 Å². The van der Waals surface area contributed by atoms with E-state index in [-0.39, 0.29) is 0 Å². The first-order chi connectivity index (χ1) is 14.1. The number of benzene rings is 1. The van der Waals surface area contributed by atoms with Crippen molar-refractivity contribution in [3.05, 3.63) is 35.9 Å². The molecule has 4 aliphatic rings. The number of hydrogen-bond acceptors (Lipinski definition) is 6. The number of rotatable bonds is 4. The molecule has 162 valence electrons. The second kappa shape index (κ2) is 9.41. The SMILES string of the molecule is CC1(N2CCN(Cc3ccccc3)CC2)COC1.CC1(N2CCNCC2)COC1. The summed E-state index contributed by atoms with van der Waals surface area (Å²) in [6, 6.07) is 10.8. The maximum atomic E-state index is 5.36. The van der Waals surface area contributed by atoms with Gasteiger partial charge in [0.1, 0.15) is 0 Å². The molecule has 0 saturated carbocycles. The predicted octanol–water partition coefficient (Wildman–Crippen LogP) is 1.27. The summed E-state index contributed by atoms with van der Waals surface area (Å²) < 4.78 is 10.6. The van der Waals surface area contributed by atoms with Crippen LogP contribution in [0, 0.1) is 0 Å². The Labute approximate surface area is 176 Å². The summed E-state index contributed by atoms with van der Waals surface area (Å²) in [7, 11) is 0. The van der Waals surface area contributed by atoms with E-state index >= 15 is 0 Å². The highest BCUT2D eigenvalue weighted by molar-refractivity contribution is 5.14. The number of nitrogens with zero attached hydrogens (tertiary/aromatic N) is 3. The molecule has 0 atom stereocenters. The summed E-state index contributed by atoms with van der Waals surface area (Å²) in [5.41, 5.74) is 2.10. The average Bonchev–Trinajstić information content (AvgIpc) is 2.73. The molecule has 0 amide bonds. The third-order valence-corrected chi connectivity index (χ3v) is 6.92. The Balaban J connectivity index is 0.000000159. The van der Waals surface area contributed by atoms with Gasteiger partial charge >= 0.3 is 0 Å². The lowest BCUT2D eigenvalue weighted by Crippen LogP contribution is -2.64. The van der Waals surface area contributed by atoms with Crippen molar-refractivity contribution in [3.8, 4) is 0 Å². The molecule has 6 nitrogen and oxygen atoms in total. The molecule has 1 N–H and O–H groups in total. The third kappa shape index (κ3) is 5.19. The molecule has 0 unspecified atom stereocenters. The van der Waals surface area contributed by atoms with Gasteiger partial charge in [-0.1, -0.05) is 30.3 Å². The summed E-state index contributed by atoms with van der Waals surface area (Å²) in [4.78, 5) is 7.68. The van der Waals surface area contributed by atoms with E-state index in [9.17, 15) is 0 Å².